The molecule has 0 saturated carbocycles. The zero-order valence-corrected chi connectivity index (χ0v) is 64.1. The van der Waals surface area contributed by atoms with Gasteiger partial charge < -0.3 is 33.8 Å². The maximum absolute atomic E-state index is 13.1. The number of phosphoric ester groups is 2. The fraction of sp³-hybridized carbons (Fsp3) is 0.896. The molecule has 0 aliphatic carbocycles. The van der Waals surface area contributed by atoms with Gasteiger partial charge in [0.05, 0.1) is 26.4 Å². The number of rotatable bonds is 73. The first-order chi connectivity index (χ1) is 46.3. The van der Waals surface area contributed by atoms with Crippen LogP contribution in [0.3, 0.4) is 0 Å². The fourth-order valence-corrected chi connectivity index (χ4v) is 12.8. The number of aliphatic hydroxyl groups is 1. The number of carbonyl (C=O) groups excluding carboxylic acids is 4. The normalized spacial score (nSPS) is 14.5. The van der Waals surface area contributed by atoms with Crippen LogP contribution in [0.4, 0.5) is 0 Å². The number of ether oxygens (including phenoxy) is 4. The fourth-order valence-electron chi connectivity index (χ4n) is 11.2. The van der Waals surface area contributed by atoms with E-state index in [4.69, 9.17) is 37.0 Å². The summed E-state index contributed by atoms with van der Waals surface area (Å²) in [5.74, 6) is 0.137. The van der Waals surface area contributed by atoms with Crippen LogP contribution in [0.2, 0.25) is 0 Å². The van der Waals surface area contributed by atoms with Crippen LogP contribution in [0.15, 0.2) is 24.3 Å². The molecule has 0 aromatic rings. The summed E-state index contributed by atoms with van der Waals surface area (Å²) in [7, 11) is -9.93. The van der Waals surface area contributed by atoms with Crippen molar-refractivity contribution in [3.8, 4) is 0 Å². The second-order valence-electron chi connectivity index (χ2n) is 28.3. The maximum Gasteiger partial charge on any atom is 0.472 e. The van der Waals surface area contributed by atoms with Gasteiger partial charge in [0, 0.05) is 25.7 Å². The molecule has 0 aromatic carbocycles. The maximum atomic E-state index is 13.1. The highest BCUT2D eigenvalue weighted by molar-refractivity contribution is 7.47. The molecule has 3 N–H and O–H groups in total. The quantitative estimate of drug-likeness (QED) is 0.0169. The molecule has 17 nitrogen and oxygen atoms in total. The number of allylic oxidation sites excluding steroid dienone is 4. The number of esters is 4. The van der Waals surface area contributed by atoms with Crippen molar-refractivity contribution < 1.29 is 80.2 Å². The van der Waals surface area contributed by atoms with E-state index < -0.39 is 97.5 Å². The van der Waals surface area contributed by atoms with E-state index in [1.165, 1.54) is 161 Å². The van der Waals surface area contributed by atoms with Gasteiger partial charge in [-0.2, -0.15) is 0 Å². The van der Waals surface area contributed by atoms with Crippen molar-refractivity contribution in [2.75, 3.05) is 39.6 Å². The largest absolute Gasteiger partial charge is 0.472 e. The highest BCUT2D eigenvalue weighted by atomic mass is 31.2. The number of unbranched alkanes of at least 4 members (excludes halogenated alkanes) is 37. The summed E-state index contributed by atoms with van der Waals surface area (Å²) >= 11 is 0. The molecule has 0 spiro atoms. The minimum absolute atomic E-state index is 0.0840. The molecule has 4 unspecified atom stereocenters. The summed E-state index contributed by atoms with van der Waals surface area (Å²) in [6.45, 7) is 11.8. The van der Waals surface area contributed by atoms with Crippen LogP contribution >= 0.6 is 15.6 Å². The number of aliphatic hydroxyl groups excluding tert-OH is 1. The predicted molar refractivity (Wildman–Crippen MR) is 390 cm³/mol. The van der Waals surface area contributed by atoms with Gasteiger partial charge in [0.2, 0.25) is 0 Å². The molecule has 0 saturated heterocycles. The van der Waals surface area contributed by atoms with Gasteiger partial charge in [0.15, 0.2) is 12.2 Å². The standard InChI is InChI=1S/C77H146O17P2/c1-8-10-11-12-13-14-15-16-19-23-26-29-38-46-53-60-77(82)94-73(65-88-75(80)59-52-45-40-33-35-42-49-56-69(5)6)67-92-96(85,86)90-63-71(78)62-89-95(83,84)91-66-72(64-87-74(79)58-51-44-37-32-31-36-43-50-57-70(7)9-2)93-76(81)61-54-47-39-30-27-24-21-18-17-20-22-25-28-34-41-48-55-68(3)4/h14-16,19,68-73,78H,8-13,17-18,20-67H2,1-7H3,(H,83,84)(H,85,86)/b15-14-,19-16-/t70?,71?,72-,73-/m1/s1. The van der Waals surface area contributed by atoms with Crippen LogP contribution in [-0.2, 0) is 65.4 Å². The molecular weight excluding hydrogens is 1260 g/mol. The van der Waals surface area contributed by atoms with Crippen LogP contribution in [0, 0.1) is 17.8 Å². The van der Waals surface area contributed by atoms with Gasteiger partial charge in [0.25, 0.3) is 0 Å². The van der Waals surface area contributed by atoms with Crippen molar-refractivity contribution in [2.45, 2.75) is 388 Å². The third-order valence-electron chi connectivity index (χ3n) is 17.6. The van der Waals surface area contributed by atoms with Crippen LogP contribution in [0.25, 0.3) is 0 Å². The lowest BCUT2D eigenvalue weighted by Gasteiger charge is -2.21. The van der Waals surface area contributed by atoms with E-state index >= 15 is 0 Å². The third kappa shape index (κ3) is 68.7. The van der Waals surface area contributed by atoms with Gasteiger partial charge in [0.1, 0.15) is 19.3 Å². The van der Waals surface area contributed by atoms with E-state index in [1.807, 2.05) is 0 Å². The molecule has 0 aromatic heterocycles. The summed E-state index contributed by atoms with van der Waals surface area (Å²) in [6.07, 6.45) is 56.4. The zero-order valence-electron chi connectivity index (χ0n) is 62.3. The van der Waals surface area contributed by atoms with Gasteiger partial charge in [-0.15, -0.1) is 0 Å². The average Bonchev–Trinajstić information content (AvgIpc) is 1.25. The Balaban J connectivity index is 5.26. The second kappa shape index (κ2) is 67.1. The van der Waals surface area contributed by atoms with Crippen LogP contribution in [0.5, 0.6) is 0 Å². The monoisotopic (exact) mass is 1410 g/mol. The van der Waals surface area contributed by atoms with E-state index in [0.717, 1.165) is 121 Å². The molecule has 6 atom stereocenters. The molecule has 0 rings (SSSR count). The molecule has 566 valence electrons. The number of phosphoric acid groups is 2. The Bertz CT molecular complexity index is 1970. The van der Waals surface area contributed by atoms with Crippen molar-refractivity contribution in [2.24, 2.45) is 17.8 Å². The van der Waals surface area contributed by atoms with Crippen molar-refractivity contribution in [1.29, 1.82) is 0 Å². The number of carbonyl (C=O) groups is 4. The van der Waals surface area contributed by atoms with Gasteiger partial charge in [-0.3, -0.25) is 37.3 Å². The molecular formula is C77H146O17P2. The van der Waals surface area contributed by atoms with Gasteiger partial charge in [-0.05, 0) is 69.1 Å². The summed E-state index contributed by atoms with van der Waals surface area (Å²) in [5.41, 5.74) is 0. The second-order valence-corrected chi connectivity index (χ2v) is 31.2. The Morgan fingerprint density at radius 2 is 0.615 bits per heavy atom. The first-order valence-electron chi connectivity index (χ1n) is 39.2. The molecule has 0 fully saturated rings. The van der Waals surface area contributed by atoms with E-state index in [1.54, 1.807) is 0 Å². The molecule has 0 aliphatic rings. The van der Waals surface area contributed by atoms with Crippen LogP contribution < -0.4 is 0 Å². The van der Waals surface area contributed by atoms with Crippen molar-refractivity contribution >= 4 is 39.5 Å². The van der Waals surface area contributed by atoms with Gasteiger partial charge in [-0.1, -0.05) is 317 Å². The molecule has 0 bridgehead atoms. The summed E-state index contributed by atoms with van der Waals surface area (Å²) in [6, 6.07) is 0. The molecule has 0 radical (unpaired) electrons. The molecule has 0 aliphatic heterocycles. The van der Waals surface area contributed by atoms with E-state index in [2.05, 4.69) is 72.8 Å². The summed E-state index contributed by atoms with van der Waals surface area (Å²) < 4.78 is 68.5. The topological polar surface area (TPSA) is 237 Å². The predicted octanol–water partition coefficient (Wildman–Crippen LogP) is 22.1. The molecule has 0 amide bonds. The Morgan fingerprint density at radius 3 is 0.927 bits per heavy atom. The lowest BCUT2D eigenvalue weighted by Crippen LogP contribution is -2.30. The summed E-state index contributed by atoms with van der Waals surface area (Å²) in [5, 5.41) is 10.6. The first-order valence-corrected chi connectivity index (χ1v) is 42.2. The molecule has 96 heavy (non-hydrogen) atoms. The number of hydrogen-bond acceptors (Lipinski definition) is 15. The highest BCUT2D eigenvalue weighted by Crippen LogP contribution is 2.45. The van der Waals surface area contributed by atoms with Crippen molar-refractivity contribution in [3.63, 3.8) is 0 Å². The Kier molecular flexibility index (Phi) is 65.3. The van der Waals surface area contributed by atoms with Crippen molar-refractivity contribution in [3.05, 3.63) is 24.3 Å². The van der Waals surface area contributed by atoms with E-state index in [9.17, 15) is 43.2 Å². The lowest BCUT2D eigenvalue weighted by molar-refractivity contribution is -0.161. The lowest BCUT2D eigenvalue weighted by atomic mass is 9.99. The first kappa shape index (κ1) is 93.5. The Hall–Kier alpha value is -2.46. The third-order valence-corrected chi connectivity index (χ3v) is 19.5. The van der Waals surface area contributed by atoms with Crippen molar-refractivity contribution in [1.82, 2.24) is 0 Å². The Labute approximate surface area is 586 Å². The molecule has 0 heterocycles. The molecule has 19 heteroatoms. The average molecular weight is 1410 g/mol. The zero-order chi connectivity index (χ0) is 70.9. The minimum atomic E-state index is -4.96. The minimum Gasteiger partial charge on any atom is -0.462 e. The van der Waals surface area contributed by atoms with E-state index in [-0.39, 0.29) is 25.7 Å². The highest BCUT2D eigenvalue weighted by Gasteiger charge is 2.30. The Morgan fingerprint density at radius 1 is 0.344 bits per heavy atom. The van der Waals surface area contributed by atoms with Gasteiger partial charge >= 0.3 is 39.5 Å². The smallest absolute Gasteiger partial charge is 0.462 e. The van der Waals surface area contributed by atoms with E-state index in [0.29, 0.717) is 31.6 Å². The van der Waals surface area contributed by atoms with Gasteiger partial charge in [-0.25, -0.2) is 9.13 Å². The van der Waals surface area contributed by atoms with Crippen LogP contribution in [0.1, 0.15) is 370 Å². The van der Waals surface area contributed by atoms with Crippen LogP contribution in [-0.4, -0.2) is 96.7 Å². The SMILES string of the molecule is CCCCCC/C=C\C=C/CCCCCCCC(=O)O[C@H](COC(=O)CCCCCCCCCC(C)C)COP(=O)(O)OCC(O)COP(=O)(O)OC[C@@H](COC(=O)CCCCCCCCCCC(C)CC)OC(=O)CCCCCCCCCCCCCCCCCCC(C)C. The summed E-state index contributed by atoms with van der Waals surface area (Å²) in [4.78, 5) is 72.8. The number of hydrogen-bond donors (Lipinski definition) is 3.